The van der Waals surface area contributed by atoms with Crippen LogP contribution in [0.3, 0.4) is 0 Å². The molecule has 1 aromatic heterocycles. The lowest BCUT2D eigenvalue weighted by atomic mass is 10.2. The van der Waals surface area contributed by atoms with Crippen molar-refractivity contribution in [3.63, 3.8) is 0 Å². The molecule has 0 saturated carbocycles. The van der Waals surface area contributed by atoms with Crippen molar-refractivity contribution in [3.05, 3.63) is 15.6 Å². The molecule has 1 aromatic rings. The summed E-state index contributed by atoms with van der Waals surface area (Å²) in [5.41, 5.74) is 1.11. The van der Waals surface area contributed by atoms with Gasteiger partial charge in [0, 0.05) is 18.0 Å². The smallest absolute Gasteiger partial charge is 0.308 e. The first-order valence-corrected chi connectivity index (χ1v) is 7.24. The Morgan fingerprint density at radius 3 is 3.00 bits per heavy atom. The van der Waals surface area contributed by atoms with Crippen molar-refractivity contribution in [2.75, 3.05) is 26.8 Å². The molecule has 106 valence electrons. The summed E-state index contributed by atoms with van der Waals surface area (Å²) in [4.78, 5) is 19.4. The molecule has 1 unspecified atom stereocenters. The van der Waals surface area contributed by atoms with Crippen LogP contribution in [0.5, 0.6) is 0 Å². The van der Waals surface area contributed by atoms with Gasteiger partial charge in [0.25, 0.3) is 0 Å². The van der Waals surface area contributed by atoms with E-state index in [1.807, 2.05) is 6.92 Å². The molecule has 0 amide bonds. The largest absolute Gasteiger partial charge is 0.469 e. The summed E-state index contributed by atoms with van der Waals surface area (Å²) in [6, 6.07) is 0. The van der Waals surface area contributed by atoms with Crippen LogP contribution < -0.4 is 0 Å². The van der Waals surface area contributed by atoms with E-state index in [0.717, 1.165) is 30.3 Å². The number of hydrogen-bond acceptors (Lipinski definition) is 6. The molecular formula is C13H20N2O3S. The maximum Gasteiger partial charge on any atom is 0.308 e. The number of carbonyl (C=O) groups is 1. The van der Waals surface area contributed by atoms with E-state index < -0.39 is 0 Å². The normalized spacial score (nSPS) is 20.5. The number of morpholine rings is 1. The van der Waals surface area contributed by atoms with Crippen LogP contribution in [0.1, 0.15) is 22.0 Å². The third-order valence-corrected chi connectivity index (χ3v) is 4.33. The lowest BCUT2D eigenvalue weighted by Gasteiger charge is -2.31. The third kappa shape index (κ3) is 3.99. The molecule has 1 atom stereocenters. The highest BCUT2D eigenvalue weighted by molar-refractivity contribution is 7.11. The number of carbonyl (C=O) groups excluding carboxylic acids is 1. The van der Waals surface area contributed by atoms with Gasteiger partial charge in [0.2, 0.25) is 0 Å². The van der Waals surface area contributed by atoms with Crippen molar-refractivity contribution >= 4 is 17.3 Å². The van der Waals surface area contributed by atoms with Gasteiger partial charge in [0.1, 0.15) is 5.01 Å². The van der Waals surface area contributed by atoms with Gasteiger partial charge in [0.05, 0.1) is 38.5 Å². The van der Waals surface area contributed by atoms with Crippen LogP contribution in [0.2, 0.25) is 0 Å². The Morgan fingerprint density at radius 2 is 2.37 bits per heavy atom. The highest BCUT2D eigenvalue weighted by Crippen LogP contribution is 2.19. The SMILES string of the molecule is COC(=O)CC1CN(Cc2nc(C)c(C)s2)CCO1. The Kier molecular flexibility index (Phi) is 4.90. The second-order valence-corrected chi connectivity index (χ2v) is 6.05. The Labute approximate surface area is 117 Å². The maximum atomic E-state index is 11.3. The zero-order chi connectivity index (χ0) is 13.8. The molecule has 19 heavy (non-hydrogen) atoms. The van der Waals surface area contributed by atoms with E-state index >= 15 is 0 Å². The molecule has 6 heteroatoms. The molecule has 2 rings (SSSR count). The van der Waals surface area contributed by atoms with E-state index in [1.165, 1.54) is 12.0 Å². The Balaban J connectivity index is 1.88. The van der Waals surface area contributed by atoms with Crippen molar-refractivity contribution in [2.45, 2.75) is 32.9 Å². The summed E-state index contributed by atoms with van der Waals surface area (Å²) in [6.07, 6.45) is 0.256. The van der Waals surface area contributed by atoms with E-state index in [4.69, 9.17) is 4.74 Å². The van der Waals surface area contributed by atoms with Crippen molar-refractivity contribution in [1.29, 1.82) is 0 Å². The van der Waals surface area contributed by atoms with Crippen LogP contribution in [0.15, 0.2) is 0 Å². The number of aryl methyl sites for hydroxylation is 2. The quantitative estimate of drug-likeness (QED) is 0.785. The minimum Gasteiger partial charge on any atom is -0.469 e. The third-order valence-electron chi connectivity index (χ3n) is 3.28. The number of thiazole rings is 1. The predicted octanol–water partition coefficient (Wildman–Crippen LogP) is 1.52. The summed E-state index contributed by atoms with van der Waals surface area (Å²) >= 11 is 1.74. The first-order chi connectivity index (χ1) is 9.08. The average Bonchev–Trinajstić information content (AvgIpc) is 2.68. The molecule has 0 spiro atoms. The predicted molar refractivity (Wildman–Crippen MR) is 73.2 cm³/mol. The van der Waals surface area contributed by atoms with Gasteiger partial charge in [-0.25, -0.2) is 4.98 Å². The Hall–Kier alpha value is -0.980. The van der Waals surface area contributed by atoms with Gasteiger partial charge in [-0.15, -0.1) is 11.3 Å². The molecule has 0 N–H and O–H groups in total. The van der Waals surface area contributed by atoms with Gasteiger partial charge in [0.15, 0.2) is 0 Å². The van der Waals surface area contributed by atoms with Crippen LogP contribution in [0.4, 0.5) is 0 Å². The van der Waals surface area contributed by atoms with Crippen molar-refractivity contribution in [3.8, 4) is 0 Å². The van der Waals surface area contributed by atoms with Gasteiger partial charge >= 0.3 is 5.97 Å². The zero-order valence-corrected chi connectivity index (χ0v) is 12.5. The van der Waals surface area contributed by atoms with Gasteiger partial charge in [-0.05, 0) is 13.8 Å². The van der Waals surface area contributed by atoms with Crippen LogP contribution >= 0.6 is 11.3 Å². The van der Waals surface area contributed by atoms with Crippen LogP contribution in [0.25, 0.3) is 0 Å². The molecule has 1 fully saturated rings. The standard InChI is InChI=1S/C13H20N2O3S/c1-9-10(2)19-12(14-9)8-15-4-5-18-11(7-15)6-13(16)17-3/h11H,4-8H2,1-3H3. The van der Waals surface area contributed by atoms with Crippen LogP contribution in [-0.2, 0) is 20.8 Å². The lowest BCUT2D eigenvalue weighted by molar-refractivity contribution is -0.145. The van der Waals surface area contributed by atoms with Gasteiger partial charge in [-0.3, -0.25) is 9.69 Å². The fraction of sp³-hybridized carbons (Fsp3) is 0.692. The van der Waals surface area contributed by atoms with E-state index in [2.05, 4.69) is 21.5 Å². The van der Waals surface area contributed by atoms with E-state index in [9.17, 15) is 4.79 Å². The van der Waals surface area contributed by atoms with Gasteiger partial charge in [-0.1, -0.05) is 0 Å². The van der Waals surface area contributed by atoms with Crippen LogP contribution in [-0.4, -0.2) is 48.8 Å². The number of rotatable bonds is 4. The van der Waals surface area contributed by atoms with Gasteiger partial charge in [-0.2, -0.15) is 0 Å². The first-order valence-electron chi connectivity index (χ1n) is 6.42. The molecule has 0 aliphatic carbocycles. The van der Waals surface area contributed by atoms with E-state index in [1.54, 1.807) is 11.3 Å². The van der Waals surface area contributed by atoms with Crippen LogP contribution in [0, 0.1) is 13.8 Å². The summed E-state index contributed by atoms with van der Waals surface area (Å²) in [5.74, 6) is -0.215. The molecule has 0 bridgehead atoms. The molecule has 5 nitrogen and oxygen atoms in total. The number of hydrogen-bond donors (Lipinski definition) is 0. The number of nitrogens with zero attached hydrogens (tertiary/aromatic N) is 2. The number of methoxy groups -OCH3 is 1. The number of esters is 1. The number of ether oxygens (including phenoxy) is 2. The minimum absolute atomic E-state index is 0.0663. The van der Waals surface area contributed by atoms with Gasteiger partial charge < -0.3 is 9.47 Å². The molecule has 0 radical (unpaired) electrons. The fourth-order valence-corrected chi connectivity index (χ4v) is 3.09. The average molecular weight is 284 g/mol. The summed E-state index contributed by atoms with van der Waals surface area (Å²) in [6.45, 7) is 7.26. The minimum atomic E-state index is -0.215. The molecular weight excluding hydrogens is 264 g/mol. The summed E-state index contributed by atoms with van der Waals surface area (Å²) in [5, 5.41) is 1.13. The zero-order valence-electron chi connectivity index (χ0n) is 11.6. The maximum absolute atomic E-state index is 11.3. The topological polar surface area (TPSA) is 51.7 Å². The summed E-state index contributed by atoms with van der Waals surface area (Å²) < 4.78 is 10.3. The molecule has 1 aliphatic heterocycles. The highest BCUT2D eigenvalue weighted by Gasteiger charge is 2.24. The number of aromatic nitrogens is 1. The Bertz CT molecular complexity index is 428. The van der Waals surface area contributed by atoms with Crippen molar-refractivity contribution in [2.24, 2.45) is 0 Å². The van der Waals surface area contributed by atoms with Crippen molar-refractivity contribution < 1.29 is 14.3 Å². The molecule has 2 heterocycles. The lowest BCUT2D eigenvalue weighted by Crippen LogP contribution is -2.42. The second-order valence-electron chi connectivity index (χ2n) is 4.76. The molecule has 1 aliphatic rings. The summed E-state index contributed by atoms with van der Waals surface area (Å²) in [7, 11) is 1.41. The van der Waals surface area contributed by atoms with Crippen molar-refractivity contribution in [1.82, 2.24) is 9.88 Å². The van der Waals surface area contributed by atoms with E-state index in [0.29, 0.717) is 13.0 Å². The second kappa shape index (κ2) is 6.45. The highest BCUT2D eigenvalue weighted by atomic mass is 32.1. The van der Waals surface area contributed by atoms with E-state index in [-0.39, 0.29) is 12.1 Å². The first kappa shape index (κ1) is 14.4. The molecule has 0 aromatic carbocycles. The monoisotopic (exact) mass is 284 g/mol. The Morgan fingerprint density at radius 1 is 1.58 bits per heavy atom. The molecule has 1 saturated heterocycles. The fourth-order valence-electron chi connectivity index (χ4n) is 2.11.